The molecule has 0 N–H and O–H groups in total. The Labute approximate surface area is 128 Å². The number of pyridine rings is 1. The fourth-order valence-corrected chi connectivity index (χ4v) is 2.09. The lowest BCUT2D eigenvalue weighted by molar-refractivity contribution is -0.385. The van der Waals surface area contributed by atoms with Crippen LogP contribution in [-0.4, -0.2) is 47.5 Å². The summed E-state index contributed by atoms with van der Waals surface area (Å²) in [5, 5.41) is 10.8. The van der Waals surface area contributed by atoms with Crippen molar-refractivity contribution in [3.63, 3.8) is 0 Å². The van der Waals surface area contributed by atoms with Gasteiger partial charge in [-0.05, 0) is 12.0 Å². The van der Waals surface area contributed by atoms with Crippen LogP contribution in [-0.2, 0) is 4.74 Å². The van der Waals surface area contributed by atoms with Crippen LogP contribution in [0.15, 0.2) is 12.3 Å². The van der Waals surface area contributed by atoms with Gasteiger partial charge in [0.1, 0.15) is 5.56 Å². The smallest absolute Gasteiger partial charge is 0.319 e. The molecule has 0 radical (unpaired) electrons. The Morgan fingerprint density at radius 1 is 1.57 bits per heavy atom. The third-order valence-electron chi connectivity index (χ3n) is 2.73. The summed E-state index contributed by atoms with van der Waals surface area (Å²) in [4.78, 5) is 28.1. The van der Waals surface area contributed by atoms with E-state index in [4.69, 9.17) is 16.3 Å². The summed E-state index contributed by atoms with van der Waals surface area (Å²) < 4.78 is 4.98. The summed E-state index contributed by atoms with van der Waals surface area (Å²) in [6.07, 6.45) is 1.28. The number of halogens is 1. The molecule has 8 heteroatoms. The van der Waals surface area contributed by atoms with E-state index in [9.17, 15) is 14.9 Å². The molecule has 21 heavy (non-hydrogen) atoms. The predicted octanol–water partition coefficient (Wildman–Crippen LogP) is 2.39. The van der Waals surface area contributed by atoms with Crippen molar-refractivity contribution in [2.75, 3.05) is 26.8 Å². The number of carbonyl (C=O) groups is 1. The Balaban J connectivity index is 3.14. The fraction of sp³-hybridized carbons (Fsp3) is 0.538. The highest BCUT2D eigenvalue weighted by molar-refractivity contribution is 6.32. The molecule has 0 fully saturated rings. The molecule has 0 spiro atoms. The van der Waals surface area contributed by atoms with E-state index >= 15 is 0 Å². The lowest BCUT2D eigenvalue weighted by atomic mass is 10.1. The first-order chi connectivity index (χ1) is 9.88. The molecule has 1 aromatic rings. The topological polar surface area (TPSA) is 85.6 Å². The maximum Gasteiger partial charge on any atom is 0.319 e. The highest BCUT2D eigenvalue weighted by Crippen LogP contribution is 2.27. The van der Waals surface area contributed by atoms with Crippen LogP contribution in [0.2, 0.25) is 5.15 Å². The normalized spacial score (nSPS) is 10.7. The molecule has 0 bridgehead atoms. The first-order valence-corrected chi connectivity index (χ1v) is 6.83. The molecule has 0 aliphatic heterocycles. The van der Waals surface area contributed by atoms with E-state index in [0.29, 0.717) is 19.7 Å². The average molecular weight is 316 g/mol. The Morgan fingerprint density at radius 3 is 2.76 bits per heavy atom. The molecule has 1 amide bonds. The summed E-state index contributed by atoms with van der Waals surface area (Å²) in [5.74, 6) is -0.223. The number of nitrogens with zero attached hydrogens (tertiary/aromatic N) is 3. The molecule has 0 aliphatic rings. The van der Waals surface area contributed by atoms with Gasteiger partial charge in [-0.1, -0.05) is 25.4 Å². The molecule has 7 nitrogen and oxygen atoms in total. The van der Waals surface area contributed by atoms with Gasteiger partial charge in [-0.3, -0.25) is 14.9 Å². The zero-order chi connectivity index (χ0) is 16.0. The predicted molar refractivity (Wildman–Crippen MR) is 78.5 cm³/mol. The number of rotatable bonds is 7. The van der Waals surface area contributed by atoms with Crippen LogP contribution in [0.5, 0.6) is 0 Å². The first kappa shape index (κ1) is 17.3. The van der Waals surface area contributed by atoms with Crippen molar-refractivity contribution < 1.29 is 14.5 Å². The van der Waals surface area contributed by atoms with Crippen LogP contribution in [0.3, 0.4) is 0 Å². The minimum absolute atomic E-state index is 0.0586. The summed E-state index contributed by atoms with van der Waals surface area (Å²) in [7, 11) is 1.53. The Kier molecular flexibility index (Phi) is 6.51. The average Bonchev–Trinajstić information content (AvgIpc) is 2.41. The van der Waals surface area contributed by atoms with Crippen molar-refractivity contribution in [2.45, 2.75) is 13.8 Å². The van der Waals surface area contributed by atoms with E-state index in [2.05, 4.69) is 4.98 Å². The van der Waals surface area contributed by atoms with Crippen molar-refractivity contribution in [3.05, 3.63) is 33.1 Å². The van der Waals surface area contributed by atoms with E-state index in [-0.39, 0.29) is 16.6 Å². The van der Waals surface area contributed by atoms with E-state index in [0.717, 1.165) is 0 Å². The lowest BCUT2D eigenvalue weighted by Gasteiger charge is -2.24. The van der Waals surface area contributed by atoms with Gasteiger partial charge < -0.3 is 9.64 Å². The molecule has 0 saturated heterocycles. The van der Waals surface area contributed by atoms with Crippen LogP contribution in [0.1, 0.15) is 24.2 Å². The van der Waals surface area contributed by atoms with E-state index in [1.807, 2.05) is 13.8 Å². The maximum absolute atomic E-state index is 12.5. The van der Waals surface area contributed by atoms with Gasteiger partial charge in [0.15, 0.2) is 0 Å². The van der Waals surface area contributed by atoms with Gasteiger partial charge in [-0.15, -0.1) is 0 Å². The van der Waals surface area contributed by atoms with Gasteiger partial charge >= 0.3 is 5.69 Å². The van der Waals surface area contributed by atoms with Gasteiger partial charge in [0, 0.05) is 26.4 Å². The lowest BCUT2D eigenvalue weighted by Crippen LogP contribution is -2.37. The van der Waals surface area contributed by atoms with Crippen molar-refractivity contribution in [2.24, 2.45) is 5.92 Å². The van der Waals surface area contributed by atoms with Crippen LogP contribution in [0, 0.1) is 16.0 Å². The third-order valence-corrected chi connectivity index (χ3v) is 3.01. The van der Waals surface area contributed by atoms with Crippen LogP contribution >= 0.6 is 11.6 Å². The molecule has 0 aliphatic carbocycles. The molecule has 1 heterocycles. The number of carbonyl (C=O) groups excluding carboxylic acids is 1. The summed E-state index contributed by atoms with van der Waals surface area (Å²) in [6, 6.07) is 1.31. The summed E-state index contributed by atoms with van der Waals surface area (Å²) in [6.45, 7) is 5.09. The van der Waals surface area contributed by atoms with Crippen LogP contribution < -0.4 is 0 Å². The van der Waals surface area contributed by atoms with Crippen molar-refractivity contribution in [1.29, 1.82) is 0 Å². The molecule has 1 aromatic heterocycles. The SMILES string of the molecule is COCCN(CC(C)C)C(=O)c1ccnc(Cl)c1[N+](=O)[O-]. The Hall–Kier alpha value is -1.73. The summed E-state index contributed by atoms with van der Waals surface area (Å²) >= 11 is 5.74. The highest BCUT2D eigenvalue weighted by atomic mass is 35.5. The molecule has 0 unspecified atom stereocenters. The highest BCUT2D eigenvalue weighted by Gasteiger charge is 2.28. The zero-order valence-corrected chi connectivity index (χ0v) is 13.0. The number of nitro groups is 1. The molecule has 0 aromatic carbocycles. The molecule has 0 atom stereocenters. The molecule has 116 valence electrons. The molecule has 1 rings (SSSR count). The van der Waals surface area contributed by atoms with Gasteiger partial charge in [0.2, 0.25) is 5.15 Å². The molecular weight excluding hydrogens is 298 g/mol. The number of ether oxygens (including phenoxy) is 1. The number of hydrogen-bond donors (Lipinski definition) is 0. The standard InChI is InChI=1S/C13H18ClN3O4/c1-9(2)8-16(6-7-21-3)13(18)10-4-5-15-12(14)11(10)17(19)20/h4-5,9H,6-8H2,1-3H3. The van der Waals surface area contributed by atoms with Crippen LogP contribution in [0.25, 0.3) is 0 Å². The third kappa shape index (κ3) is 4.64. The monoisotopic (exact) mass is 315 g/mol. The van der Waals surface area contributed by atoms with Crippen LogP contribution in [0.4, 0.5) is 5.69 Å². The minimum Gasteiger partial charge on any atom is -0.383 e. The Morgan fingerprint density at radius 2 is 2.24 bits per heavy atom. The van der Waals surface area contributed by atoms with Crippen molar-refractivity contribution >= 4 is 23.2 Å². The number of methoxy groups -OCH3 is 1. The van der Waals surface area contributed by atoms with Gasteiger partial charge in [-0.25, -0.2) is 4.98 Å². The van der Waals surface area contributed by atoms with E-state index in [1.54, 1.807) is 0 Å². The number of aromatic nitrogens is 1. The van der Waals surface area contributed by atoms with Gasteiger partial charge in [-0.2, -0.15) is 0 Å². The van der Waals surface area contributed by atoms with Gasteiger partial charge in [0.25, 0.3) is 5.91 Å². The maximum atomic E-state index is 12.5. The second-order valence-corrected chi connectivity index (χ2v) is 5.25. The fourth-order valence-electron chi connectivity index (χ4n) is 1.86. The van der Waals surface area contributed by atoms with E-state index < -0.39 is 16.5 Å². The quantitative estimate of drug-likeness (QED) is 0.438. The van der Waals surface area contributed by atoms with Crippen molar-refractivity contribution in [1.82, 2.24) is 9.88 Å². The van der Waals surface area contributed by atoms with Gasteiger partial charge in [0.05, 0.1) is 11.5 Å². The van der Waals surface area contributed by atoms with E-state index in [1.165, 1.54) is 24.3 Å². The first-order valence-electron chi connectivity index (χ1n) is 6.45. The number of amides is 1. The number of hydrogen-bond acceptors (Lipinski definition) is 5. The zero-order valence-electron chi connectivity index (χ0n) is 12.2. The molecular formula is C13H18ClN3O4. The largest absolute Gasteiger partial charge is 0.383 e. The summed E-state index contributed by atoms with van der Waals surface area (Å²) in [5.41, 5.74) is -0.521. The second kappa shape index (κ2) is 7.90. The minimum atomic E-state index is -0.688. The Bertz CT molecular complexity index is 522. The second-order valence-electron chi connectivity index (χ2n) is 4.89. The molecule has 0 saturated carbocycles. The van der Waals surface area contributed by atoms with Crippen molar-refractivity contribution in [3.8, 4) is 0 Å².